The van der Waals surface area contributed by atoms with E-state index < -0.39 is 20.8 Å². The lowest BCUT2D eigenvalue weighted by atomic mass is 10.2. The molecular formula is C10H22O5P+. The van der Waals surface area contributed by atoms with Gasteiger partial charge in [0.25, 0.3) is 0 Å². The van der Waals surface area contributed by atoms with Crippen molar-refractivity contribution in [3.05, 3.63) is 0 Å². The van der Waals surface area contributed by atoms with Crippen LogP contribution in [0.3, 0.4) is 0 Å². The zero-order valence-electron chi connectivity index (χ0n) is 9.96. The van der Waals surface area contributed by atoms with E-state index in [4.69, 9.17) is 0 Å². The molecule has 0 heterocycles. The summed E-state index contributed by atoms with van der Waals surface area (Å²) in [5.41, 5.74) is 0. The van der Waals surface area contributed by atoms with Crippen LogP contribution in [0.15, 0.2) is 0 Å². The van der Waals surface area contributed by atoms with Gasteiger partial charge in [-0.3, -0.25) is 0 Å². The molecule has 0 rings (SSSR count). The Morgan fingerprint density at radius 2 is 1.38 bits per heavy atom. The molecule has 2 unspecified atom stereocenters. The Hall–Kier alpha value is -0.0600. The molecule has 0 radical (unpaired) electrons. The molecule has 0 aliphatic carbocycles. The molecule has 0 aromatic carbocycles. The van der Waals surface area contributed by atoms with Crippen LogP contribution < -0.4 is 0 Å². The lowest BCUT2D eigenvalue weighted by Gasteiger charge is -2.04. The minimum absolute atomic E-state index is 0.423. The van der Waals surface area contributed by atoms with Crippen molar-refractivity contribution in [3.8, 4) is 0 Å². The Bertz CT molecular complexity index is 170. The molecule has 2 N–H and O–H groups in total. The van der Waals surface area contributed by atoms with Gasteiger partial charge < -0.3 is 10.2 Å². The van der Waals surface area contributed by atoms with E-state index in [0.29, 0.717) is 12.8 Å². The maximum Gasteiger partial charge on any atom is 0.702 e. The second-order valence-electron chi connectivity index (χ2n) is 3.63. The van der Waals surface area contributed by atoms with Crippen LogP contribution in [0.5, 0.6) is 0 Å². The van der Waals surface area contributed by atoms with Crippen LogP contribution in [0.2, 0.25) is 0 Å². The van der Waals surface area contributed by atoms with Crippen molar-refractivity contribution in [2.24, 2.45) is 0 Å². The Morgan fingerprint density at radius 3 is 1.69 bits per heavy atom. The van der Waals surface area contributed by atoms with Gasteiger partial charge in [0.2, 0.25) is 12.6 Å². The van der Waals surface area contributed by atoms with Crippen LogP contribution in [0.4, 0.5) is 0 Å². The monoisotopic (exact) mass is 253 g/mol. The quantitative estimate of drug-likeness (QED) is 0.462. The van der Waals surface area contributed by atoms with Gasteiger partial charge in [0, 0.05) is 17.4 Å². The van der Waals surface area contributed by atoms with E-state index in [2.05, 4.69) is 9.05 Å². The minimum Gasteiger partial charge on any atom is -0.364 e. The number of rotatable bonds is 10. The lowest BCUT2D eigenvalue weighted by Crippen LogP contribution is -2.11. The van der Waals surface area contributed by atoms with E-state index in [1.165, 1.54) is 0 Å². The maximum atomic E-state index is 11.2. The third-order valence-corrected chi connectivity index (χ3v) is 2.86. The van der Waals surface area contributed by atoms with Gasteiger partial charge in [-0.15, -0.1) is 0 Å². The maximum absolute atomic E-state index is 11.2. The fraction of sp³-hybridized carbons (Fsp3) is 1.00. The molecule has 0 aliphatic heterocycles. The second kappa shape index (κ2) is 10.1. The van der Waals surface area contributed by atoms with Gasteiger partial charge in [0.1, 0.15) is 0 Å². The molecule has 0 bridgehead atoms. The first kappa shape index (κ1) is 15.9. The molecule has 6 heteroatoms. The third-order valence-electron chi connectivity index (χ3n) is 2.02. The standard InChI is InChI=1S/C10H22O5P/c1-3-5-7-9(11)14-16(13)15-10(12)8-6-4-2/h9-12H,3-8H2,1-2H3/q+1. The highest BCUT2D eigenvalue weighted by molar-refractivity contribution is 7.33. The van der Waals surface area contributed by atoms with Crippen LogP contribution >= 0.6 is 8.25 Å². The summed E-state index contributed by atoms with van der Waals surface area (Å²) in [5, 5.41) is 18.5. The van der Waals surface area contributed by atoms with Crippen molar-refractivity contribution in [2.45, 2.75) is 65.0 Å². The van der Waals surface area contributed by atoms with Gasteiger partial charge in [-0.2, -0.15) is 0 Å². The molecule has 2 atom stereocenters. The van der Waals surface area contributed by atoms with Crippen molar-refractivity contribution >= 4 is 8.25 Å². The zero-order chi connectivity index (χ0) is 12.4. The first-order valence-electron chi connectivity index (χ1n) is 5.77. The smallest absolute Gasteiger partial charge is 0.364 e. The van der Waals surface area contributed by atoms with Crippen LogP contribution in [0.25, 0.3) is 0 Å². The normalized spacial score (nSPS) is 15.9. The van der Waals surface area contributed by atoms with Crippen LogP contribution in [0.1, 0.15) is 52.4 Å². The van der Waals surface area contributed by atoms with Gasteiger partial charge in [0.05, 0.1) is 0 Å². The highest BCUT2D eigenvalue weighted by atomic mass is 31.1. The van der Waals surface area contributed by atoms with E-state index in [9.17, 15) is 14.8 Å². The van der Waals surface area contributed by atoms with Gasteiger partial charge in [0.15, 0.2) is 0 Å². The molecule has 5 nitrogen and oxygen atoms in total. The molecular weight excluding hydrogens is 231 g/mol. The topological polar surface area (TPSA) is 76.0 Å². The van der Waals surface area contributed by atoms with Crippen molar-refractivity contribution in [2.75, 3.05) is 0 Å². The summed E-state index contributed by atoms with van der Waals surface area (Å²) in [7, 11) is -2.44. The molecule has 0 saturated heterocycles. The van der Waals surface area contributed by atoms with Crippen molar-refractivity contribution in [1.82, 2.24) is 0 Å². The highest BCUT2D eigenvalue weighted by Crippen LogP contribution is 2.29. The molecule has 0 aromatic heterocycles. The number of hydrogen-bond acceptors (Lipinski definition) is 5. The van der Waals surface area contributed by atoms with Crippen molar-refractivity contribution < 1.29 is 23.8 Å². The summed E-state index contributed by atoms with van der Waals surface area (Å²) in [6.45, 7) is 3.97. The Kier molecular flexibility index (Phi) is 10.1. The number of aliphatic hydroxyl groups excluding tert-OH is 2. The summed E-state index contributed by atoms with van der Waals surface area (Å²) in [6, 6.07) is 0. The van der Waals surface area contributed by atoms with Gasteiger partial charge >= 0.3 is 8.25 Å². The summed E-state index contributed by atoms with van der Waals surface area (Å²) in [5.74, 6) is 0. The Morgan fingerprint density at radius 1 is 1.00 bits per heavy atom. The summed E-state index contributed by atoms with van der Waals surface area (Å²) < 4.78 is 20.5. The third kappa shape index (κ3) is 9.19. The summed E-state index contributed by atoms with van der Waals surface area (Å²) >= 11 is 0. The number of hydrogen-bond donors (Lipinski definition) is 2. The van der Waals surface area contributed by atoms with Gasteiger partial charge in [-0.05, 0) is 12.8 Å². The van der Waals surface area contributed by atoms with Crippen LogP contribution in [-0.4, -0.2) is 22.8 Å². The molecule has 16 heavy (non-hydrogen) atoms. The molecule has 0 aromatic rings. The van der Waals surface area contributed by atoms with E-state index in [1.54, 1.807) is 0 Å². The largest absolute Gasteiger partial charge is 0.702 e. The number of unbranched alkanes of at least 4 members (excludes halogenated alkanes) is 2. The summed E-state index contributed by atoms with van der Waals surface area (Å²) in [6.07, 6.45) is 2.13. The predicted molar refractivity (Wildman–Crippen MR) is 60.8 cm³/mol. The molecule has 0 amide bonds. The molecule has 96 valence electrons. The fourth-order valence-electron chi connectivity index (χ4n) is 1.09. The zero-order valence-corrected chi connectivity index (χ0v) is 10.9. The van der Waals surface area contributed by atoms with Crippen LogP contribution in [0, 0.1) is 0 Å². The first-order valence-corrected chi connectivity index (χ1v) is 6.86. The molecule has 0 aliphatic rings. The molecule has 0 fully saturated rings. The minimum atomic E-state index is -2.44. The van der Waals surface area contributed by atoms with E-state index >= 15 is 0 Å². The summed E-state index contributed by atoms with van der Waals surface area (Å²) in [4.78, 5) is 0. The Labute approximate surface area is 97.7 Å². The predicted octanol–water partition coefficient (Wildman–Crippen LogP) is 2.69. The van der Waals surface area contributed by atoms with Crippen molar-refractivity contribution in [3.63, 3.8) is 0 Å². The average molecular weight is 253 g/mol. The second-order valence-corrected chi connectivity index (χ2v) is 4.50. The molecule has 0 spiro atoms. The Balaban J connectivity index is 3.63. The lowest BCUT2D eigenvalue weighted by molar-refractivity contribution is -0.0646. The molecule has 0 saturated carbocycles. The van der Waals surface area contributed by atoms with Crippen molar-refractivity contribution in [1.29, 1.82) is 0 Å². The van der Waals surface area contributed by atoms with E-state index in [1.807, 2.05) is 13.8 Å². The fourth-order valence-corrected chi connectivity index (χ4v) is 1.74. The van der Waals surface area contributed by atoms with Crippen LogP contribution in [-0.2, 0) is 13.6 Å². The first-order chi connectivity index (χ1) is 7.60. The highest BCUT2D eigenvalue weighted by Gasteiger charge is 2.29. The van der Waals surface area contributed by atoms with Gasteiger partial charge in [-0.25, -0.2) is 0 Å². The van der Waals surface area contributed by atoms with E-state index in [-0.39, 0.29) is 0 Å². The number of aliphatic hydroxyl groups is 2. The average Bonchev–Trinajstić information content (AvgIpc) is 2.23. The SMILES string of the molecule is CCCCC(O)O[P+](=O)OC(O)CCCC. The van der Waals surface area contributed by atoms with Gasteiger partial charge in [-0.1, -0.05) is 35.7 Å². The van der Waals surface area contributed by atoms with E-state index in [0.717, 1.165) is 25.7 Å².